The number of allylic oxidation sites excluding steroid dienone is 1. The van der Waals surface area contributed by atoms with Gasteiger partial charge in [0.25, 0.3) is 0 Å². The Morgan fingerprint density at radius 1 is 0.895 bits per heavy atom. The van der Waals surface area contributed by atoms with E-state index in [4.69, 9.17) is 47.4 Å². The molecule has 4 heterocycles. The molecule has 0 radical (unpaired) electrons. The zero-order valence-electron chi connectivity index (χ0n) is 35.3. The number of nitrogens with one attached hydrogen (secondary N) is 1. The van der Waals surface area contributed by atoms with Crippen molar-refractivity contribution in [3.05, 3.63) is 12.2 Å². The third-order valence-corrected chi connectivity index (χ3v) is 12.5. The molecule has 3 fully saturated rings. The highest BCUT2D eigenvalue weighted by atomic mass is 16.7. The number of aliphatic hydroxyl groups excluding tert-OH is 4. The molecule has 0 aromatic heterocycles. The number of aliphatic hydroxyl groups is 4. The first kappa shape index (κ1) is 48.0. The fourth-order valence-electron chi connectivity index (χ4n) is 8.80. The predicted octanol–water partition coefficient (Wildman–Crippen LogP) is 0.851. The van der Waals surface area contributed by atoms with Crippen LogP contribution >= 0.6 is 0 Å². The number of carbonyl (C=O) groups excluding carboxylic acids is 2. The molecule has 17 heteroatoms. The lowest BCUT2D eigenvalue weighted by Crippen LogP contribution is -2.63. The number of methoxy groups -OCH3 is 4. The molecular formula is C40H69NO16. The Morgan fingerprint density at radius 2 is 1.53 bits per heavy atom. The Kier molecular flexibility index (Phi) is 17.9. The van der Waals surface area contributed by atoms with Crippen molar-refractivity contribution in [2.45, 2.75) is 165 Å². The SMILES string of the molecule is CC[C@H]1OC(=O)CC2O[C@](C)(/C=C/C(=O)[C@H](C)C[C@H](CC(OC)OC)[C@H](O[C@@H]3O[C@H](C)[C@@H](O)[C@@H](NC)[C@H]3O)[C@H]2C)[C@H](O)[C@@H]1CO[C@@H]1O[C@H](C)[C@@H](O)[C@@H](OC)[C@H]1OC. The van der Waals surface area contributed by atoms with Crippen LogP contribution in [0.4, 0.5) is 0 Å². The topological polar surface area (TPSA) is 219 Å². The monoisotopic (exact) mass is 819 g/mol. The van der Waals surface area contributed by atoms with Gasteiger partial charge in [-0.2, -0.15) is 0 Å². The summed E-state index contributed by atoms with van der Waals surface area (Å²) >= 11 is 0. The van der Waals surface area contributed by atoms with Crippen molar-refractivity contribution in [3.63, 3.8) is 0 Å². The largest absolute Gasteiger partial charge is 0.462 e. The van der Waals surface area contributed by atoms with Gasteiger partial charge in [-0.1, -0.05) is 20.8 Å². The summed E-state index contributed by atoms with van der Waals surface area (Å²) in [7, 11) is 7.54. The maximum Gasteiger partial charge on any atom is 0.308 e. The van der Waals surface area contributed by atoms with Crippen molar-refractivity contribution in [2.24, 2.45) is 23.7 Å². The number of likely N-dealkylation sites (N-methyl/N-ethyl adjacent to an activating group) is 1. The van der Waals surface area contributed by atoms with Crippen LogP contribution in [0, 0.1) is 23.7 Å². The van der Waals surface area contributed by atoms with Crippen molar-refractivity contribution < 1.29 is 77.4 Å². The molecule has 1 unspecified atom stereocenters. The summed E-state index contributed by atoms with van der Waals surface area (Å²) in [6, 6.07) is -0.780. The van der Waals surface area contributed by atoms with Gasteiger partial charge in [0, 0.05) is 52.6 Å². The number of ketones is 1. The van der Waals surface area contributed by atoms with Crippen molar-refractivity contribution in [2.75, 3.05) is 42.1 Å². The summed E-state index contributed by atoms with van der Waals surface area (Å²) in [5.74, 6) is -3.42. The first-order valence-corrected chi connectivity index (χ1v) is 20.2. The van der Waals surface area contributed by atoms with E-state index in [0.717, 1.165) is 0 Å². The second-order valence-corrected chi connectivity index (χ2v) is 16.3. The maximum atomic E-state index is 13.9. The summed E-state index contributed by atoms with van der Waals surface area (Å²) in [6.45, 7) is 10.3. The predicted molar refractivity (Wildman–Crippen MR) is 203 cm³/mol. The molecule has 4 aliphatic rings. The Hall–Kier alpha value is -1.68. The van der Waals surface area contributed by atoms with Gasteiger partial charge in [0.05, 0.1) is 55.7 Å². The summed E-state index contributed by atoms with van der Waals surface area (Å²) in [6.07, 6.45) is -9.74. The van der Waals surface area contributed by atoms with Gasteiger partial charge >= 0.3 is 5.97 Å². The third kappa shape index (κ3) is 11.0. The fourth-order valence-corrected chi connectivity index (χ4v) is 8.80. The number of rotatable bonds is 13. The minimum Gasteiger partial charge on any atom is -0.462 e. The first-order chi connectivity index (χ1) is 27.0. The van der Waals surface area contributed by atoms with E-state index < -0.39 is 127 Å². The molecule has 2 bridgehead atoms. The highest BCUT2D eigenvalue weighted by molar-refractivity contribution is 5.91. The Bertz CT molecular complexity index is 1300. The molecule has 0 aliphatic carbocycles. The van der Waals surface area contributed by atoms with Crippen LogP contribution in [-0.2, 0) is 57.0 Å². The summed E-state index contributed by atoms with van der Waals surface area (Å²) in [4.78, 5) is 27.9. The molecule has 0 spiro atoms. The Labute approximate surface area is 336 Å². The van der Waals surface area contributed by atoms with Crippen LogP contribution < -0.4 is 5.32 Å². The van der Waals surface area contributed by atoms with Gasteiger partial charge in [-0.25, -0.2) is 0 Å². The van der Waals surface area contributed by atoms with Crippen LogP contribution in [0.2, 0.25) is 0 Å². The highest BCUT2D eigenvalue weighted by Gasteiger charge is 2.52. The van der Waals surface area contributed by atoms with Crippen molar-refractivity contribution >= 4 is 11.8 Å². The molecule has 0 amide bonds. The number of esters is 1. The number of hydrogen-bond donors (Lipinski definition) is 5. The van der Waals surface area contributed by atoms with Gasteiger partial charge in [0.2, 0.25) is 0 Å². The second kappa shape index (κ2) is 21.2. The van der Waals surface area contributed by atoms with Crippen LogP contribution in [0.15, 0.2) is 12.2 Å². The fraction of sp³-hybridized carbons (Fsp3) is 0.900. The van der Waals surface area contributed by atoms with Gasteiger partial charge in [-0.05, 0) is 58.7 Å². The number of ether oxygens (including phenoxy) is 10. The van der Waals surface area contributed by atoms with Gasteiger partial charge in [0.1, 0.15) is 36.1 Å². The molecule has 4 rings (SSSR count). The molecule has 0 saturated carbocycles. The van der Waals surface area contributed by atoms with E-state index in [1.807, 2.05) is 13.8 Å². The van der Waals surface area contributed by atoms with E-state index in [1.54, 1.807) is 34.7 Å². The molecule has 0 aromatic rings. The molecule has 3 saturated heterocycles. The summed E-state index contributed by atoms with van der Waals surface area (Å²) < 4.78 is 60.4. The minimum absolute atomic E-state index is 0.190. The Morgan fingerprint density at radius 3 is 2.12 bits per heavy atom. The van der Waals surface area contributed by atoms with Crippen LogP contribution in [-0.4, -0.2) is 172 Å². The minimum atomic E-state index is -1.58. The zero-order chi connectivity index (χ0) is 42.4. The van der Waals surface area contributed by atoms with E-state index in [1.165, 1.54) is 40.6 Å². The highest BCUT2D eigenvalue weighted by Crippen LogP contribution is 2.40. The lowest BCUT2D eigenvalue weighted by Gasteiger charge is -2.46. The number of carbonyl (C=O) groups is 2. The van der Waals surface area contributed by atoms with E-state index >= 15 is 0 Å². The molecule has 0 aromatic carbocycles. The number of hydrogen-bond acceptors (Lipinski definition) is 17. The van der Waals surface area contributed by atoms with Gasteiger partial charge in [0.15, 0.2) is 24.7 Å². The number of cyclic esters (lactones) is 1. The normalized spacial score (nSPS) is 45.7. The van der Waals surface area contributed by atoms with E-state index in [2.05, 4.69) is 5.32 Å². The standard InChI is InChI=1S/C40H69NO16/c1-12-26-24(18-52-39-36(51-11)35(50-10)32(45)22(5)54-39)37(47)40(6)14-13-25(42)19(2)15-23(16-29(48-8)49-9)34(20(3)27(57-40)17-28(43)55-26)56-38-33(46)30(41-7)31(44)21(4)53-38/h13-14,19-24,26-27,29-39,41,44-47H,12,15-18H2,1-11H3/b14-13+/t19-,20+,21-,22-,23-,24-,26-,27?,30-,31-,32-,33-,34-,35-,36-,37-,38+,39-,40-/m1/s1. The molecule has 17 nitrogen and oxygen atoms in total. The quantitative estimate of drug-likeness (QED) is 0.129. The summed E-state index contributed by atoms with van der Waals surface area (Å²) in [5, 5.41) is 48.3. The lowest BCUT2D eigenvalue weighted by atomic mass is 9.79. The zero-order valence-corrected chi connectivity index (χ0v) is 35.3. The molecule has 57 heavy (non-hydrogen) atoms. The van der Waals surface area contributed by atoms with Gasteiger partial charge < -0.3 is 73.1 Å². The van der Waals surface area contributed by atoms with Crippen LogP contribution in [0.1, 0.15) is 67.2 Å². The van der Waals surface area contributed by atoms with Crippen molar-refractivity contribution in [1.82, 2.24) is 5.32 Å². The van der Waals surface area contributed by atoms with Gasteiger partial charge in [-0.15, -0.1) is 0 Å². The average Bonchev–Trinajstić information content (AvgIpc) is 3.21. The van der Waals surface area contributed by atoms with E-state index in [0.29, 0.717) is 12.8 Å². The summed E-state index contributed by atoms with van der Waals surface area (Å²) in [5.41, 5.74) is -1.58. The molecular weight excluding hydrogens is 750 g/mol. The van der Waals surface area contributed by atoms with Crippen LogP contribution in [0.3, 0.4) is 0 Å². The van der Waals surface area contributed by atoms with Crippen LogP contribution in [0.25, 0.3) is 0 Å². The molecule has 19 atom stereocenters. The second-order valence-electron chi connectivity index (χ2n) is 16.3. The van der Waals surface area contributed by atoms with Crippen LogP contribution in [0.5, 0.6) is 0 Å². The molecule has 5 N–H and O–H groups in total. The van der Waals surface area contributed by atoms with E-state index in [-0.39, 0.29) is 25.2 Å². The van der Waals surface area contributed by atoms with Gasteiger partial charge in [-0.3, -0.25) is 9.59 Å². The average molecular weight is 820 g/mol. The smallest absolute Gasteiger partial charge is 0.308 e. The maximum absolute atomic E-state index is 13.9. The Balaban J connectivity index is 1.77. The first-order valence-electron chi connectivity index (χ1n) is 20.2. The molecule has 4 aliphatic heterocycles. The number of fused-ring (bicyclic) bond motifs is 2. The van der Waals surface area contributed by atoms with E-state index in [9.17, 15) is 30.0 Å². The lowest BCUT2D eigenvalue weighted by molar-refractivity contribution is -0.308. The van der Waals surface area contributed by atoms with Crippen molar-refractivity contribution in [1.29, 1.82) is 0 Å². The molecule has 330 valence electrons. The third-order valence-electron chi connectivity index (χ3n) is 12.5. The van der Waals surface area contributed by atoms with Crippen molar-refractivity contribution in [3.8, 4) is 0 Å².